The molecule has 0 amide bonds. The number of ether oxygens (including phenoxy) is 1. The first-order chi connectivity index (χ1) is 11.2. The van der Waals surface area contributed by atoms with Crippen LogP contribution in [0.1, 0.15) is 71.2 Å². The standard InChI is InChI=1S/C16H31N5O2.HI/c1-5-8-10-17-16(18-11-9-6-2)19-12-14-20-15(21-23-14)13(4)22-7-3;/h13H,5-12H2,1-4H3,(H2,17,18,19);1H. The number of aliphatic imine (C=N–C) groups is 1. The molecule has 1 unspecified atom stereocenters. The second-order valence-electron chi connectivity index (χ2n) is 5.37. The molecule has 24 heavy (non-hydrogen) atoms. The van der Waals surface area contributed by atoms with Gasteiger partial charge in [0.2, 0.25) is 5.89 Å². The molecule has 1 atom stereocenters. The Morgan fingerprint density at radius 3 is 2.33 bits per heavy atom. The minimum Gasteiger partial charge on any atom is -0.371 e. The fourth-order valence-corrected chi connectivity index (χ4v) is 1.91. The van der Waals surface area contributed by atoms with Crippen molar-refractivity contribution in [2.45, 2.75) is 66.0 Å². The minimum atomic E-state index is -0.161. The number of unbranched alkanes of at least 4 members (excludes halogenated alkanes) is 2. The van der Waals surface area contributed by atoms with Gasteiger partial charge in [-0.05, 0) is 26.7 Å². The van der Waals surface area contributed by atoms with E-state index in [4.69, 9.17) is 9.26 Å². The third kappa shape index (κ3) is 9.41. The van der Waals surface area contributed by atoms with Crippen LogP contribution in [-0.4, -0.2) is 35.8 Å². The summed E-state index contributed by atoms with van der Waals surface area (Å²) in [6.45, 7) is 11.0. The second-order valence-corrected chi connectivity index (χ2v) is 5.37. The minimum absolute atomic E-state index is 0. The number of hydrogen-bond acceptors (Lipinski definition) is 5. The maximum absolute atomic E-state index is 5.45. The van der Waals surface area contributed by atoms with E-state index in [0.29, 0.717) is 24.9 Å². The first-order valence-electron chi connectivity index (χ1n) is 8.67. The van der Waals surface area contributed by atoms with E-state index in [0.717, 1.165) is 44.7 Å². The van der Waals surface area contributed by atoms with E-state index in [1.54, 1.807) is 0 Å². The monoisotopic (exact) mass is 453 g/mol. The van der Waals surface area contributed by atoms with Crippen LogP contribution in [0.15, 0.2) is 9.52 Å². The molecule has 0 saturated carbocycles. The van der Waals surface area contributed by atoms with Gasteiger partial charge in [-0.3, -0.25) is 0 Å². The lowest BCUT2D eigenvalue weighted by molar-refractivity contribution is 0.0683. The molecule has 1 heterocycles. The maximum Gasteiger partial charge on any atom is 0.248 e. The largest absolute Gasteiger partial charge is 0.371 e. The van der Waals surface area contributed by atoms with Crippen LogP contribution in [0.2, 0.25) is 0 Å². The van der Waals surface area contributed by atoms with E-state index in [1.807, 2.05) is 13.8 Å². The van der Waals surface area contributed by atoms with Gasteiger partial charge in [-0.15, -0.1) is 24.0 Å². The van der Waals surface area contributed by atoms with Gasteiger partial charge in [-0.25, -0.2) is 4.99 Å². The van der Waals surface area contributed by atoms with Crippen LogP contribution < -0.4 is 10.6 Å². The third-order valence-corrected chi connectivity index (χ3v) is 3.28. The van der Waals surface area contributed by atoms with Crippen molar-refractivity contribution in [3.8, 4) is 0 Å². The van der Waals surface area contributed by atoms with E-state index in [9.17, 15) is 0 Å². The molecule has 0 fully saturated rings. The Hall–Kier alpha value is -0.900. The third-order valence-electron chi connectivity index (χ3n) is 3.28. The number of hydrogen-bond donors (Lipinski definition) is 2. The van der Waals surface area contributed by atoms with Crippen molar-refractivity contribution < 1.29 is 9.26 Å². The van der Waals surface area contributed by atoms with Crippen molar-refractivity contribution in [3.63, 3.8) is 0 Å². The normalized spacial score (nSPS) is 11.5. The number of rotatable bonds is 11. The van der Waals surface area contributed by atoms with Crippen molar-refractivity contribution in [2.75, 3.05) is 19.7 Å². The van der Waals surface area contributed by atoms with Crippen LogP contribution in [0.5, 0.6) is 0 Å². The highest BCUT2D eigenvalue weighted by Gasteiger charge is 2.13. The van der Waals surface area contributed by atoms with E-state index in [-0.39, 0.29) is 30.1 Å². The van der Waals surface area contributed by atoms with Crippen molar-refractivity contribution in [3.05, 3.63) is 11.7 Å². The van der Waals surface area contributed by atoms with E-state index >= 15 is 0 Å². The summed E-state index contributed by atoms with van der Waals surface area (Å²) < 4.78 is 10.7. The molecule has 8 heteroatoms. The molecule has 0 radical (unpaired) electrons. The van der Waals surface area contributed by atoms with Gasteiger partial charge in [0, 0.05) is 19.7 Å². The van der Waals surface area contributed by atoms with E-state index < -0.39 is 0 Å². The summed E-state index contributed by atoms with van der Waals surface area (Å²) in [6, 6.07) is 0. The molecule has 0 aliphatic heterocycles. The number of aromatic nitrogens is 2. The van der Waals surface area contributed by atoms with Gasteiger partial charge in [0.1, 0.15) is 12.6 Å². The SMILES string of the molecule is CCCCNC(=NCc1nc(C(C)OCC)no1)NCCCC.I. The summed E-state index contributed by atoms with van der Waals surface area (Å²) in [5, 5.41) is 10.6. The smallest absolute Gasteiger partial charge is 0.248 e. The molecule has 0 aliphatic carbocycles. The molecule has 0 bridgehead atoms. The highest BCUT2D eigenvalue weighted by molar-refractivity contribution is 14.0. The molecule has 2 N–H and O–H groups in total. The molecule has 7 nitrogen and oxygen atoms in total. The van der Waals surface area contributed by atoms with Crippen molar-refractivity contribution in [1.29, 1.82) is 0 Å². The summed E-state index contributed by atoms with van der Waals surface area (Å²) in [7, 11) is 0. The Morgan fingerprint density at radius 2 is 1.79 bits per heavy atom. The Kier molecular flexibility index (Phi) is 13.9. The first kappa shape index (κ1) is 23.1. The molecular weight excluding hydrogens is 421 g/mol. The first-order valence-corrected chi connectivity index (χ1v) is 8.67. The van der Waals surface area contributed by atoms with Crippen LogP contribution in [0, 0.1) is 0 Å². The van der Waals surface area contributed by atoms with E-state index in [2.05, 4.69) is 39.6 Å². The van der Waals surface area contributed by atoms with Crippen LogP contribution in [0.3, 0.4) is 0 Å². The maximum atomic E-state index is 5.45. The summed E-state index contributed by atoms with van der Waals surface area (Å²) in [6.07, 6.45) is 4.37. The predicted molar refractivity (Wildman–Crippen MR) is 107 cm³/mol. The van der Waals surface area contributed by atoms with Gasteiger partial charge in [0.15, 0.2) is 11.8 Å². The van der Waals surface area contributed by atoms with Gasteiger partial charge in [-0.2, -0.15) is 4.98 Å². The number of guanidine groups is 1. The molecule has 0 aromatic carbocycles. The van der Waals surface area contributed by atoms with Gasteiger partial charge in [0.05, 0.1) is 0 Å². The topological polar surface area (TPSA) is 84.6 Å². The predicted octanol–water partition coefficient (Wildman–Crippen LogP) is 3.42. The lowest BCUT2D eigenvalue weighted by atomic mass is 10.3. The van der Waals surface area contributed by atoms with Crippen LogP contribution in [-0.2, 0) is 11.3 Å². The zero-order chi connectivity index (χ0) is 16.9. The van der Waals surface area contributed by atoms with Crippen molar-refractivity contribution in [2.24, 2.45) is 4.99 Å². The Bertz CT molecular complexity index is 441. The average Bonchev–Trinajstić information content (AvgIpc) is 3.02. The molecule has 140 valence electrons. The summed E-state index contributed by atoms with van der Waals surface area (Å²) in [4.78, 5) is 8.84. The molecular formula is C16H32IN5O2. The fourth-order valence-electron chi connectivity index (χ4n) is 1.91. The summed E-state index contributed by atoms with van der Waals surface area (Å²) in [5.74, 6) is 1.86. The van der Waals surface area contributed by atoms with Crippen LogP contribution in [0.25, 0.3) is 0 Å². The summed E-state index contributed by atoms with van der Waals surface area (Å²) in [5.41, 5.74) is 0. The quantitative estimate of drug-likeness (QED) is 0.231. The molecule has 0 saturated heterocycles. The Labute approximate surface area is 162 Å². The number of nitrogens with zero attached hydrogens (tertiary/aromatic N) is 3. The van der Waals surface area contributed by atoms with Crippen LogP contribution >= 0.6 is 24.0 Å². The highest BCUT2D eigenvalue weighted by atomic mass is 127. The van der Waals surface area contributed by atoms with Gasteiger partial charge in [-0.1, -0.05) is 31.8 Å². The second kappa shape index (κ2) is 14.4. The Morgan fingerprint density at radius 1 is 1.17 bits per heavy atom. The van der Waals surface area contributed by atoms with Gasteiger partial charge < -0.3 is 19.9 Å². The lowest BCUT2D eigenvalue weighted by Crippen LogP contribution is -2.38. The lowest BCUT2D eigenvalue weighted by Gasteiger charge is -2.11. The zero-order valence-electron chi connectivity index (χ0n) is 15.3. The fraction of sp³-hybridized carbons (Fsp3) is 0.812. The Balaban J connectivity index is 0.00000529. The molecule has 0 aliphatic rings. The number of nitrogens with one attached hydrogen (secondary N) is 2. The van der Waals surface area contributed by atoms with Crippen LogP contribution in [0.4, 0.5) is 0 Å². The molecule has 1 rings (SSSR count). The zero-order valence-corrected chi connectivity index (χ0v) is 17.6. The molecule has 1 aromatic heterocycles. The number of halogens is 1. The van der Waals surface area contributed by atoms with Gasteiger partial charge in [0.25, 0.3) is 0 Å². The highest BCUT2D eigenvalue weighted by Crippen LogP contribution is 2.12. The van der Waals surface area contributed by atoms with Crippen molar-refractivity contribution in [1.82, 2.24) is 20.8 Å². The molecule has 0 spiro atoms. The van der Waals surface area contributed by atoms with Crippen molar-refractivity contribution >= 4 is 29.9 Å². The van der Waals surface area contributed by atoms with E-state index in [1.165, 1.54) is 0 Å². The average molecular weight is 453 g/mol. The van der Waals surface area contributed by atoms with Gasteiger partial charge >= 0.3 is 0 Å². The molecule has 1 aromatic rings. The summed E-state index contributed by atoms with van der Waals surface area (Å²) >= 11 is 0.